The van der Waals surface area contributed by atoms with Crippen LogP contribution in [0.4, 0.5) is 0 Å². The first-order chi connectivity index (χ1) is 15.3. The SMILES string of the molecule is CCOC(=O)CC(=O)CSc1nc2sc(C(=O)OCC)c(C)c2c(=O)n1Cc1ccco1. The van der Waals surface area contributed by atoms with Crippen molar-refractivity contribution in [3.05, 3.63) is 45.0 Å². The summed E-state index contributed by atoms with van der Waals surface area (Å²) in [7, 11) is 0. The van der Waals surface area contributed by atoms with Crippen LogP contribution >= 0.6 is 23.1 Å². The Kier molecular flexibility index (Phi) is 7.86. The summed E-state index contributed by atoms with van der Waals surface area (Å²) in [6.07, 6.45) is 1.15. The summed E-state index contributed by atoms with van der Waals surface area (Å²) in [5.41, 5.74) is 0.153. The van der Waals surface area contributed by atoms with E-state index >= 15 is 0 Å². The summed E-state index contributed by atoms with van der Waals surface area (Å²) in [6.45, 7) is 5.57. The van der Waals surface area contributed by atoms with E-state index in [-0.39, 0.29) is 48.4 Å². The molecule has 0 unspecified atom stereocenters. The Bertz CT molecular complexity index is 1200. The summed E-state index contributed by atoms with van der Waals surface area (Å²) in [4.78, 5) is 54.6. The molecule has 0 N–H and O–H groups in total. The number of thiophene rings is 1. The Morgan fingerprint density at radius 1 is 1.22 bits per heavy atom. The van der Waals surface area contributed by atoms with Gasteiger partial charge < -0.3 is 13.9 Å². The van der Waals surface area contributed by atoms with Gasteiger partial charge in [-0.25, -0.2) is 9.78 Å². The lowest BCUT2D eigenvalue weighted by molar-refractivity contribution is -0.145. The average Bonchev–Trinajstić information content (AvgIpc) is 3.37. The summed E-state index contributed by atoms with van der Waals surface area (Å²) < 4.78 is 16.7. The van der Waals surface area contributed by atoms with Crippen molar-refractivity contribution in [1.82, 2.24) is 9.55 Å². The van der Waals surface area contributed by atoms with Crippen LogP contribution in [-0.2, 0) is 25.6 Å². The Labute approximate surface area is 191 Å². The van der Waals surface area contributed by atoms with E-state index in [1.807, 2.05) is 0 Å². The molecule has 3 rings (SSSR count). The number of Topliss-reactive ketones (excluding diaryl/α,β-unsaturated/α-hetero) is 1. The largest absolute Gasteiger partial charge is 0.467 e. The van der Waals surface area contributed by atoms with Gasteiger partial charge in [0.15, 0.2) is 10.9 Å². The highest BCUT2D eigenvalue weighted by atomic mass is 32.2. The second-order valence-corrected chi connectivity index (χ2v) is 8.57. The molecule has 0 aliphatic carbocycles. The molecule has 0 aliphatic rings. The zero-order chi connectivity index (χ0) is 23.3. The quantitative estimate of drug-likeness (QED) is 0.187. The van der Waals surface area contributed by atoms with Gasteiger partial charge in [0.05, 0.1) is 37.2 Å². The van der Waals surface area contributed by atoms with Crippen LogP contribution < -0.4 is 5.56 Å². The van der Waals surface area contributed by atoms with Gasteiger partial charge in [-0.2, -0.15) is 0 Å². The van der Waals surface area contributed by atoms with Crippen LogP contribution in [0, 0.1) is 6.92 Å². The fraction of sp³-hybridized carbons (Fsp3) is 0.381. The molecule has 3 aromatic heterocycles. The number of ether oxygens (including phenoxy) is 2. The van der Waals surface area contributed by atoms with E-state index in [0.717, 1.165) is 23.1 Å². The van der Waals surface area contributed by atoms with Crippen LogP contribution in [0.15, 0.2) is 32.8 Å². The molecule has 0 aromatic carbocycles. The Balaban J connectivity index is 1.99. The first kappa shape index (κ1) is 23.7. The van der Waals surface area contributed by atoms with Gasteiger partial charge in [-0.3, -0.25) is 19.0 Å². The zero-order valence-corrected chi connectivity index (χ0v) is 19.5. The molecule has 0 saturated heterocycles. The van der Waals surface area contributed by atoms with Crippen molar-refractivity contribution in [3.63, 3.8) is 0 Å². The van der Waals surface area contributed by atoms with Crippen LogP contribution in [0.5, 0.6) is 0 Å². The summed E-state index contributed by atoms with van der Waals surface area (Å²) >= 11 is 2.12. The number of carbonyl (C=O) groups is 3. The number of hydrogen-bond acceptors (Lipinski definition) is 10. The Morgan fingerprint density at radius 3 is 2.62 bits per heavy atom. The van der Waals surface area contributed by atoms with Crippen LogP contribution in [0.2, 0.25) is 0 Å². The second kappa shape index (κ2) is 10.6. The molecule has 0 bridgehead atoms. The molecular weight excluding hydrogens is 456 g/mol. The maximum Gasteiger partial charge on any atom is 0.348 e. The van der Waals surface area contributed by atoms with Crippen molar-refractivity contribution in [2.45, 2.75) is 38.9 Å². The number of aromatic nitrogens is 2. The van der Waals surface area contributed by atoms with Gasteiger partial charge in [-0.05, 0) is 38.5 Å². The summed E-state index contributed by atoms with van der Waals surface area (Å²) in [6, 6.07) is 3.43. The maximum atomic E-state index is 13.4. The number of aryl methyl sites for hydroxylation is 1. The number of ketones is 1. The molecule has 0 atom stereocenters. The highest BCUT2D eigenvalue weighted by Gasteiger charge is 2.23. The van der Waals surface area contributed by atoms with Crippen molar-refractivity contribution in [1.29, 1.82) is 0 Å². The maximum absolute atomic E-state index is 13.4. The zero-order valence-electron chi connectivity index (χ0n) is 17.8. The Hall–Kier alpha value is -2.92. The molecule has 11 heteroatoms. The van der Waals surface area contributed by atoms with E-state index in [1.165, 1.54) is 10.8 Å². The lowest BCUT2D eigenvalue weighted by Gasteiger charge is -2.11. The van der Waals surface area contributed by atoms with Gasteiger partial charge in [0.25, 0.3) is 5.56 Å². The molecule has 0 aliphatic heterocycles. The fourth-order valence-corrected chi connectivity index (χ4v) is 4.94. The smallest absolute Gasteiger partial charge is 0.348 e. The Morgan fingerprint density at radius 2 is 1.97 bits per heavy atom. The number of furan rings is 1. The average molecular weight is 479 g/mol. The van der Waals surface area contributed by atoms with Crippen LogP contribution in [0.25, 0.3) is 10.2 Å². The highest BCUT2D eigenvalue weighted by molar-refractivity contribution is 7.99. The number of esters is 2. The second-order valence-electron chi connectivity index (χ2n) is 6.63. The first-order valence-corrected chi connectivity index (χ1v) is 11.7. The van der Waals surface area contributed by atoms with E-state index in [2.05, 4.69) is 4.98 Å². The summed E-state index contributed by atoms with van der Waals surface area (Å²) in [5, 5.41) is 0.611. The first-order valence-electron chi connectivity index (χ1n) is 9.89. The van der Waals surface area contributed by atoms with E-state index < -0.39 is 11.9 Å². The lowest BCUT2D eigenvalue weighted by Crippen LogP contribution is -2.24. The number of hydrogen-bond donors (Lipinski definition) is 0. The number of thioether (sulfide) groups is 1. The number of nitrogens with zero attached hydrogens (tertiary/aromatic N) is 2. The van der Waals surface area contributed by atoms with Crippen LogP contribution in [-0.4, -0.2) is 46.2 Å². The van der Waals surface area contributed by atoms with Gasteiger partial charge in [-0.15, -0.1) is 11.3 Å². The lowest BCUT2D eigenvalue weighted by atomic mass is 10.2. The summed E-state index contributed by atoms with van der Waals surface area (Å²) in [5.74, 6) is -0.982. The van der Waals surface area contributed by atoms with Gasteiger partial charge >= 0.3 is 11.9 Å². The molecule has 9 nitrogen and oxygen atoms in total. The number of carbonyl (C=O) groups excluding carboxylic acids is 3. The van der Waals surface area contributed by atoms with Crippen molar-refractivity contribution in [2.75, 3.05) is 19.0 Å². The highest BCUT2D eigenvalue weighted by Crippen LogP contribution is 2.30. The third kappa shape index (κ3) is 5.28. The third-order valence-corrected chi connectivity index (χ3v) is 6.58. The molecule has 0 saturated carbocycles. The normalized spacial score (nSPS) is 11.0. The standard InChI is InChI=1S/C21H22N2O7S2/c1-4-28-15(25)9-13(24)11-31-21-22-18-16(12(3)17(32-18)20(27)29-5-2)19(26)23(21)10-14-7-6-8-30-14/h6-8H,4-5,9-11H2,1-3H3. The predicted molar refractivity (Wildman–Crippen MR) is 119 cm³/mol. The van der Waals surface area contributed by atoms with Crippen LogP contribution in [0.3, 0.4) is 0 Å². The molecule has 0 amide bonds. The molecular formula is C21H22N2O7S2. The molecule has 3 heterocycles. The molecule has 3 aromatic rings. The number of rotatable bonds is 10. The molecule has 0 spiro atoms. The van der Waals surface area contributed by atoms with Gasteiger partial charge in [0.1, 0.15) is 21.9 Å². The topological polar surface area (TPSA) is 118 Å². The monoisotopic (exact) mass is 478 g/mol. The van der Waals surface area contributed by atoms with Crippen molar-refractivity contribution in [2.24, 2.45) is 0 Å². The molecule has 170 valence electrons. The molecule has 32 heavy (non-hydrogen) atoms. The van der Waals surface area contributed by atoms with Gasteiger partial charge in [0.2, 0.25) is 0 Å². The fourth-order valence-electron chi connectivity index (χ4n) is 2.97. The molecule has 0 radical (unpaired) electrons. The van der Waals surface area contributed by atoms with E-state index in [1.54, 1.807) is 32.9 Å². The minimum Gasteiger partial charge on any atom is -0.467 e. The number of fused-ring (bicyclic) bond motifs is 1. The van der Waals surface area contributed by atoms with E-state index in [0.29, 0.717) is 26.4 Å². The van der Waals surface area contributed by atoms with E-state index in [9.17, 15) is 19.2 Å². The predicted octanol–water partition coefficient (Wildman–Crippen LogP) is 3.20. The van der Waals surface area contributed by atoms with Gasteiger partial charge in [0, 0.05) is 0 Å². The van der Waals surface area contributed by atoms with E-state index in [4.69, 9.17) is 13.9 Å². The minimum atomic E-state index is -0.595. The third-order valence-electron chi connectivity index (χ3n) is 4.38. The van der Waals surface area contributed by atoms with Crippen molar-refractivity contribution in [3.8, 4) is 0 Å². The minimum absolute atomic E-state index is 0.0655. The van der Waals surface area contributed by atoms with Crippen molar-refractivity contribution < 1.29 is 28.3 Å². The van der Waals surface area contributed by atoms with Gasteiger partial charge in [-0.1, -0.05) is 11.8 Å². The van der Waals surface area contributed by atoms with Crippen LogP contribution in [0.1, 0.15) is 41.3 Å². The van der Waals surface area contributed by atoms with Crippen molar-refractivity contribution >= 4 is 51.0 Å². The molecule has 0 fully saturated rings.